The fraction of sp³-hybridized carbons (Fsp3) is 0.250. The number of carbonyl (C=O) groups excluding carboxylic acids is 3. The van der Waals surface area contributed by atoms with Gasteiger partial charge in [-0.25, -0.2) is 0 Å². The van der Waals surface area contributed by atoms with E-state index in [4.69, 9.17) is 10.5 Å². The Morgan fingerprint density at radius 3 is 2.53 bits per heavy atom. The molecule has 0 radical (unpaired) electrons. The highest BCUT2D eigenvalue weighted by Gasteiger charge is 2.16. The minimum absolute atomic E-state index is 0.0566. The van der Waals surface area contributed by atoms with E-state index in [-0.39, 0.29) is 17.0 Å². The third-order valence-electron chi connectivity index (χ3n) is 2.17. The van der Waals surface area contributed by atoms with Crippen molar-refractivity contribution in [3.63, 3.8) is 0 Å². The monoisotopic (exact) mass is 266 g/mol. The van der Waals surface area contributed by atoms with Crippen molar-refractivity contribution in [2.24, 2.45) is 5.73 Å². The van der Waals surface area contributed by atoms with Gasteiger partial charge in [-0.1, -0.05) is 6.07 Å². The van der Waals surface area contributed by atoms with Crippen molar-refractivity contribution in [1.82, 2.24) is 0 Å². The molecule has 102 valence electrons. The standard InChI is InChI=1S/C12H14N2O5/c1-7(15)19-6-10(16)14-8-4-3-5-9(18-2)11(8)12(13)17/h3-5H,6H2,1-2H3,(H2,13,17)(H,14,16). The van der Waals surface area contributed by atoms with E-state index in [1.165, 1.54) is 20.1 Å². The highest BCUT2D eigenvalue weighted by atomic mass is 16.5. The summed E-state index contributed by atoms with van der Waals surface area (Å²) in [6.07, 6.45) is 0. The average molecular weight is 266 g/mol. The van der Waals surface area contributed by atoms with Crippen molar-refractivity contribution in [2.75, 3.05) is 19.0 Å². The third-order valence-corrected chi connectivity index (χ3v) is 2.17. The van der Waals surface area contributed by atoms with Crippen molar-refractivity contribution < 1.29 is 23.9 Å². The molecular formula is C12H14N2O5. The molecule has 19 heavy (non-hydrogen) atoms. The van der Waals surface area contributed by atoms with Crippen LogP contribution in [0, 0.1) is 0 Å². The Balaban J connectivity index is 2.91. The van der Waals surface area contributed by atoms with E-state index in [9.17, 15) is 14.4 Å². The largest absolute Gasteiger partial charge is 0.496 e. The topological polar surface area (TPSA) is 108 Å². The number of hydrogen-bond acceptors (Lipinski definition) is 5. The molecule has 1 rings (SSSR count). The number of anilines is 1. The van der Waals surface area contributed by atoms with Crippen molar-refractivity contribution >= 4 is 23.5 Å². The van der Waals surface area contributed by atoms with Crippen molar-refractivity contribution in [2.45, 2.75) is 6.92 Å². The molecule has 0 aliphatic heterocycles. The minimum atomic E-state index is -0.736. The van der Waals surface area contributed by atoms with Gasteiger partial charge in [0.05, 0.1) is 12.8 Å². The van der Waals surface area contributed by atoms with Crippen LogP contribution < -0.4 is 15.8 Å². The summed E-state index contributed by atoms with van der Waals surface area (Å²) in [6.45, 7) is 0.748. The predicted octanol–water partition coefficient (Wildman–Crippen LogP) is 0.296. The van der Waals surface area contributed by atoms with Crippen molar-refractivity contribution in [3.8, 4) is 5.75 Å². The van der Waals surface area contributed by atoms with Crippen LogP contribution in [0.1, 0.15) is 17.3 Å². The van der Waals surface area contributed by atoms with Crippen LogP contribution in [-0.2, 0) is 14.3 Å². The highest BCUT2D eigenvalue weighted by molar-refractivity contribution is 6.05. The van der Waals surface area contributed by atoms with Crippen LogP contribution in [0.4, 0.5) is 5.69 Å². The number of primary amides is 1. The van der Waals surface area contributed by atoms with Gasteiger partial charge in [0.1, 0.15) is 11.3 Å². The first kappa shape index (κ1) is 14.5. The van der Waals surface area contributed by atoms with Gasteiger partial charge in [-0.05, 0) is 12.1 Å². The highest BCUT2D eigenvalue weighted by Crippen LogP contribution is 2.25. The lowest BCUT2D eigenvalue weighted by molar-refractivity contribution is -0.144. The summed E-state index contributed by atoms with van der Waals surface area (Å²) in [6, 6.07) is 4.63. The van der Waals surface area contributed by atoms with E-state index >= 15 is 0 Å². The molecule has 3 N–H and O–H groups in total. The molecule has 0 saturated carbocycles. The lowest BCUT2D eigenvalue weighted by Crippen LogP contribution is -2.23. The summed E-state index contributed by atoms with van der Waals surface area (Å²) in [5.74, 6) is -1.64. The summed E-state index contributed by atoms with van der Waals surface area (Å²) >= 11 is 0. The van der Waals surface area contributed by atoms with Crippen LogP contribution in [0.3, 0.4) is 0 Å². The van der Waals surface area contributed by atoms with Gasteiger partial charge < -0.3 is 20.5 Å². The Morgan fingerprint density at radius 2 is 2.00 bits per heavy atom. The second-order valence-electron chi connectivity index (χ2n) is 3.58. The molecule has 0 aromatic heterocycles. The Kier molecular flexibility index (Phi) is 4.87. The van der Waals surface area contributed by atoms with Gasteiger partial charge in [0.25, 0.3) is 11.8 Å². The van der Waals surface area contributed by atoms with Crippen molar-refractivity contribution in [1.29, 1.82) is 0 Å². The number of benzene rings is 1. The number of nitrogens with one attached hydrogen (secondary N) is 1. The molecule has 0 heterocycles. The maximum atomic E-state index is 11.5. The lowest BCUT2D eigenvalue weighted by Gasteiger charge is -2.12. The first-order valence-corrected chi connectivity index (χ1v) is 5.35. The van der Waals surface area contributed by atoms with Crippen LogP contribution in [0.15, 0.2) is 18.2 Å². The predicted molar refractivity (Wildman–Crippen MR) is 66.8 cm³/mol. The molecule has 0 saturated heterocycles. The lowest BCUT2D eigenvalue weighted by atomic mass is 10.1. The summed E-state index contributed by atoms with van der Waals surface area (Å²) in [4.78, 5) is 33.4. The van der Waals surface area contributed by atoms with E-state index in [1.54, 1.807) is 12.1 Å². The molecule has 0 spiro atoms. The average Bonchev–Trinajstić information content (AvgIpc) is 2.35. The van der Waals surface area contributed by atoms with E-state index in [2.05, 4.69) is 10.1 Å². The Bertz CT molecular complexity index is 513. The number of hydrogen-bond donors (Lipinski definition) is 2. The van der Waals surface area contributed by atoms with Crippen LogP contribution >= 0.6 is 0 Å². The minimum Gasteiger partial charge on any atom is -0.496 e. The smallest absolute Gasteiger partial charge is 0.303 e. The van der Waals surface area contributed by atoms with Crippen molar-refractivity contribution in [3.05, 3.63) is 23.8 Å². The summed E-state index contributed by atoms with van der Waals surface area (Å²) in [5, 5.41) is 2.42. The normalized spacial score (nSPS) is 9.58. The second-order valence-corrected chi connectivity index (χ2v) is 3.58. The molecule has 0 bridgehead atoms. The van der Waals surface area contributed by atoms with Gasteiger partial charge in [0.2, 0.25) is 0 Å². The molecule has 0 aliphatic rings. The summed E-state index contributed by atoms with van der Waals surface area (Å²) in [5.41, 5.74) is 5.49. The van der Waals surface area contributed by atoms with Gasteiger partial charge in [0, 0.05) is 6.92 Å². The number of methoxy groups -OCH3 is 1. The zero-order valence-corrected chi connectivity index (χ0v) is 10.6. The van der Waals surface area contributed by atoms with E-state index in [1.807, 2.05) is 0 Å². The summed E-state index contributed by atoms with van der Waals surface area (Å²) < 4.78 is 9.52. The fourth-order valence-corrected chi connectivity index (χ4v) is 1.41. The second kappa shape index (κ2) is 6.39. The van der Waals surface area contributed by atoms with Gasteiger partial charge in [-0.2, -0.15) is 0 Å². The number of amides is 2. The molecule has 0 fully saturated rings. The number of ether oxygens (including phenoxy) is 2. The van der Waals surface area contributed by atoms with Gasteiger partial charge >= 0.3 is 5.97 Å². The van der Waals surface area contributed by atoms with Crippen LogP contribution in [0.2, 0.25) is 0 Å². The molecule has 7 heteroatoms. The quantitative estimate of drug-likeness (QED) is 0.745. The molecule has 0 unspecified atom stereocenters. The van der Waals surface area contributed by atoms with Gasteiger partial charge in [-0.15, -0.1) is 0 Å². The maximum Gasteiger partial charge on any atom is 0.303 e. The maximum absolute atomic E-state index is 11.5. The van der Waals surface area contributed by atoms with E-state index in [0.717, 1.165) is 0 Å². The SMILES string of the molecule is COc1cccc(NC(=O)COC(C)=O)c1C(N)=O. The zero-order valence-electron chi connectivity index (χ0n) is 10.6. The first-order chi connectivity index (χ1) is 8.95. The zero-order chi connectivity index (χ0) is 14.4. The molecular weight excluding hydrogens is 252 g/mol. The third kappa shape index (κ3) is 3.98. The Labute approximate surface area is 109 Å². The van der Waals surface area contributed by atoms with Gasteiger partial charge in [-0.3, -0.25) is 14.4 Å². The van der Waals surface area contributed by atoms with E-state index < -0.39 is 24.4 Å². The Morgan fingerprint density at radius 1 is 1.32 bits per heavy atom. The molecule has 1 aromatic carbocycles. The molecule has 0 atom stereocenters. The molecule has 7 nitrogen and oxygen atoms in total. The van der Waals surface area contributed by atoms with Crippen LogP contribution in [-0.4, -0.2) is 31.5 Å². The number of nitrogens with two attached hydrogens (primary N) is 1. The molecule has 2 amide bonds. The Hall–Kier alpha value is -2.57. The number of esters is 1. The first-order valence-electron chi connectivity index (χ1n) is 5.35. The van der Waals surface area contributed by atoms with Gasteiger partial charge in [0.15, 0.2) is 6.61 Å². The number of rotatable bonds is 5. The molecule has 1 aromatic rings. The number of carbonyl (C=O) groups is 3. The fourth-order valence-electron chi connectivity index (χ4n) is 1.41. The summed E-state index contributed by atoms with van der Waals surface area (Å²) in [7, 11) is 1.38. The molecule has 0 aliphatic carbocycles. The van der Waals surface area contributed by atoms with Crippen LogP contribution in [0.25, 0.3) is 0 Å². The van der Waals surface area contributed by atoms with E-state index in [0.29, 0.717) is 0 Å². The van der Waals surface area contributed by atoms with Crippen LogP contribution in [0.5, 0.6) is 5.75 Å².